The molecule has 0 saturated carbocycles. The van der Waals surface area contributed by atoms with E-state index in [1.54, 1.807) is 0 Å². The number of piperidine rings is 1. The molecule has 1 aromatic carbocycles. The van der Waals surface area contributed by atoms with Crippen LogP contribution in [0.5, 0.6) is 0 Å². The van der Waals surface area contributed by atoms with Gasteiger partial charge in [-0.15, -0.1) is 11.3 Å². The quantitative estimate of drug-likeness (QED) is 0.723. The zero-order valence-electron chi connectivity index (χ0n) is 13.5. The minimum atomic E-state index is -0.717. The van der Waals surface area contributed by atoms with E-state index in [4.69, 9.17) is 9.52 Å². The first kappa shape index (κ1) is 15.9. The van der Waals surface area contributed by atoms with Crippen molar-refractivity contribution in [3.63, 3.8) is 0 Å². The van der Waals surface area contributed by atoms with Crippen LogP contribution in [0.4, 0.5) is 5.69 Å². The molecule has 0 atom stereocenters. The molecule has 0 amide bonds. The number of hydrogen-bond acceptors (Lipinski definition) is 5. The standard InChI is InChI=1S/C19H17NO4S/c21-18(22)12-5-7-20(8-6-12)14-4-3-13-10-15(17-2-1-9-25-17)19(23)24-16(13)11-14/h1-4,9-12H,5-8H2,(H,21,22). The third-order valence-corrected chi connectivity index (χ3v) is 5.62. The summed E-state index contributed by atoms with van der Waals surface area (Å²) in [5.41, 5.74) is 1.76. The summed E-state index contributed by atoms with van der Waals surface area (Å²) in [5.74, 6) is -0.978. The van der Waals surface area contributed by atoms with E-state index in [9.17, 15) is 9.59 Å². The number of nitrogens with zero attached hydrogens (tertiary/aromatic N) is 1. The Kier molecular flexibility index (Phi) is 4.05. The molecule has 1 fully saturated rings. The van der Waals surface area contributed by atoms with Crippen molar-refractivity contribution in [3.05, 3.63) is 52.2 Å². The third kappa shape index (κ3) is 3.05. The lowest BCUT2D eigenvalue weighted by molar-refractivity contribution is -0.142. The van der Waals surface area contributed by atoms with E-state index < -0.39 is 5.97 Å². The first-order valence-electron chi connectivity index (χ1n) is 8.21. The van der Waals surface area contributed by atoms with Crippen LogP contribution < -0.4 is 10.5 Å². The molecule has 1 saturated heterocycles. The topological polar surface area (TPSA) is 70.8 Å². The lowest BCUT2D eigenvalue weighted by Crippen LogP contribution is -2.36. The molecule has 0 bridgehead atoms. The van der Waals surface area contributed by atoms with E-state index in [1.807, 2.05) is 41.8 Å². The Bertz CT molecular complexity index is 969. The van der Waals surface area contributed by atoms with Crippen molar-refractivity contribution in [2.75, 3.05) is 18.0 Å². The van der Waals surface area contributed by atoms with Crippen LogP contribution >= 0.6 is 11.3 Å². The minimum absolute atomic E-state index is 0.261. The second-order valence-corrected chi connectivity index (χ2v) is 7.19. The maximum absolute atomic E-state index is 12.3. The number of carboxylic acid groups (broad SMARTS) is 1. The minimum Gasteiger partial charge on any atom is -0.481 e. The second-order valence-electron chi connectivity index (χ2n) is 6.25. The highest BCUT2D eigenvalue weighted by Gasteiger charge is 2.24. The average Bonchev–Trinajstić information content (AvgIpc) is 3.15. The van der Waals surface area contributed by atoms with Gasteiger partial charge in [0.25, 0.3) is 0 Å². The fraction of sp³-hybridized carbons (Fsp3) is 0.263. The van der Waals surface area contributed by atoms with Crippen molar-refractivity contribution in [2.45, 2.75) is 12.8 Å². The van der Waals surface area contributed by atoms with Gasteiger partial charge >= 0.3 is 11.6 Å². The highest BCUT2D eigenvalue weighted by atomic mass is 32.1. The van der Waals surface area contributed by atoms with Gasteiger partial charge in [0, 0.05) is 35.1 Å². The average molecular weight is 355 g/mol. The van der Waals surface area contributed by atoms with Gasteiger partial charge in [-0.1, -0.05) is 6.07 Å². The molecule has 1 N–H and O–H groups in total. The van der Waals surface area contributed by atoms with Gasteiger partial charge in [0.15, 0.2) is 0 Å². The van der Waals surface area contributed by atoms with Gasteiger partial charge in [-0.05, 0) is 42.5 Å². The molecule has 1 aliphatic heterocycles. The highest BCUT2D eigenvalue weighted by Crippen LogP contribution is 2.29. The molecule has 0 spiro atoms. The molecule has 5 nitrogen and oxygen atoms in total. The molecule has 0 aliphatic carbocycles. The van der Waals surface area contributed by atoms with Gasteiger partial charge in [-0.25, -0.2) is 4.79 Å². The number of anilines is 1. The molecule has 25 heavy (non-hydrogen) atoms. The molecule has 0 unspecified atom stereocenters. The molecule has 2 aromatic heterocycles. The number of thiophene rings is 1. The number of fused-ring (bicyclic) bond motifs is 1. The first-order valence-corrected chi connectivity index (χ1v) is 9.09. The number of carboxylic acids is 1. The first-order chi connectivity index (χ1) is 12.1. The van der Waals surface area contributed by atoms with E-state index in [2.05, 4.69) is 4.90 Å². The van der Waals surface area contributed by atoms with Crippen molar-refractivity contribution in [3.8, 4) is 10.4 Å². The predicted molar refractivity (Wildman–Crippen MR) is 98.4 cm³/mol. The SMILES string of the molecule is O=C(O)C1CCN(c2ccc3cc(-c4cccs4)c(=O)oc3c2)CC1. The van der Waals surface area contributed by atoms with Crippen LogP contribution in [-0.4, -0.2) is 24.2 Å². The maximum Gasteiger partial charge on any atom is 0.345 e. The summed E-state index contributed by atoms with van der Waals surface area (Å²) < 4.78 is 5.54. The Morgan fingerprint density at radius 3 is 2.68 bits per heavy atom. The van der Waals surface area contributed by atoms with Gasteiger partial charge in [-0.3, -0.25) is 4.79 Å². The smallest absolute Gasteiger partial charge is 0.345 e. The molecule has 6 heteroatoms. The summed E-state index contributed by atoms with van der Waals surface area (Å²) in [6.45, 7) is 1.39. The molecular weight excluding hydrogens is 338 g/mol. The van der Waals surface area contributed by atoms with Gasteiger partial charge in [0.2, 0.25) is 0 Å². The summed E-state index contributed by atoms with van der Waals surface area (Å²) in [5, 5.41) is 11.9. The Balaban J connectivity index is 1.64. The molecule has 4 rings (SSSR count). The number of benzene rings is 1. The third-order valence-electron chi connectivity index (χ3n) is 4.72. The monoisotopic (exact) mass is 355 g/mol. The van der Waals surface area contributed by atoms with Crippen LogP contribution in [0.2, 0.25) is 0 Å². The summed E-state index contributed by atoms with van der Waals surface area (Å²) >= 11 is 1.51. The molecule has 128 valence electrons. The van der Waals surface area contributed by atoms with E-state index in [-0.39, 0.29) is 11.5 Å². The fourth-order valence-corrected chi connectivity index (χ4v) is 4.01. The van der Waals surface area contributed by atoms with Crippen LogP contribution in [0.1, 0.15) is 12.8 Å². The zero-order valence-corrected chi connectivity index (χ0v) is 14.3. The molecular formula is C19H17NO4S. The largest absolute Gasteiger partial charge is 0.481 e. The molecule has 0 radical (unpaired) electrons. The lowest BCUT2D eigenvalue weighted by Gasteiger charge is -2.31. The van der Waals surface area contributed by atoms with Crippen molar-refractivity contribution >= 4 is 34.0 Å². The molecule has 3 heterocycles. The molecule has 1 aliphatic rings. The van der Waals surface area contributed by atoms with Crippen molar-refractivity contribution in [1.29, 1.82) is 0 Å². The van der Waals surface area contributed by atoms with Crippen molar-refractivity contribution in [2.24, 2.45) is 5.92 Å². The highest BCUT2D eigenvalue weighted by molar-refractivity contribution is 7.13. The lowest BCUT2D eigenvalue weighted by atomic mass is 9.96. The van der Waals surface area contributed by atoms with Crippen LogP contribution in [0.15, 0.2) is 51.0 Å². The number of hydrogen-bond donors (Lipinski definition) is 1. The van der Waals surface area contributed by atoms with E-state index in [0.29, 0.717) is 37.1 Å². The van der Waals surface area contributed by atoms with Gasteiger partial charge in [0.1, 0.15) is 5.58 Å². The van der Waals surface area contributed by atoms with E-state index in [1.165, 1.54) is 11.3 Å². The summed E-state index contributed by atoms with van der Waals surface area (Å²) in [6, 6.07) is 11.5. The second kappa shape index (κ2) is 6.37. The van der Waals surface area contributed by atoms with Gasteiger partial charge < -0.3 is 14.4 Å². The van der Waals surface area contributed by atoms with Crippen molar-refractivity contribution < 1.29 is 14.3 Å². The van der Waals surface area contributed by atoms with E-state index in [0.717, 1.165) is 16.0 Å². The number of rotatable bonds is 3. The number of carbonyl (C=O) groups is 1. The van der Waals surface area contributed by atoms with Crippen LogP contribution in [0, 0.1) is 5.92 Å². The Morgan fingerprint density at radius 1 is 1.20 bits per heavy atom. The summed E-state index contributed by atoms with van der Waals surface area (Å²) in [7, 11) is 0. The van der Waals surface area contributed by atoms with Crippen LogP contribution in [0.25, 0.3) is 21.4 Å². The molecule has 3 aromatic rings. The summed E-state index contributed by atoms with van der Waals surface area (Å²) in [6.07, 6.45) is 1.27. The Labute approximate surface area is 148 Å². The number of aliphatic carboxylic acids is 1. The predicted octanol–water partition coefficient (Wildman–Crippen LogP) is 3.82. The Morgan fingerprint density at radius 2 is 2.00 bits per heavy atom. The summed E-state index contributed by atoms with van der Waals surface area (Å²) in [4.78, 5) is 26.4. The van der Waals surface area contributed by atoms with E-state index >= 15 is 0 Å². The van der Waals surface area contributed by atoms with Gasteiger partial charge in [0.05, 0.1) is 11.5 Å². The Hall–Kier alpha value is -2.60. The van der Waals surface area contributed by atoms with Crippen LogP contribution in [-0.2, 0) is 4.79 Å². The zero-order chi connectivity index (χ0) is 17.4. The maximum atomic E-state index is 12.3. The van der Waals surface area contributed by atoms with Crippen molar-refractivity contribution in [1.82, 2.24) is 0 Å². The normalized spacial score (nSPS) is 15.6. The van der Waals surface area contributed by atoms with Crippen LogP contribution in [0.3, 0.4) is 0 Å². The fourth-order valence-electron chi connectivity index (χ4n) is 3.28. The van der Waals surface area contributed by atoms with Gasteiger partial charge in [-0.2, -0.15) is 0 Å².